The summed E-state index contributed by atoms with van der Waals surface area (Å²) in [5.74, 6) is 0. The number of halogens is 2. The molecule has 103 valence electrons. The van der Waals surface area contributed by atoms with Gasteiger partial charge in [-0.3, -0.25) is 0 Å². The van der Waals surface area contributed by atoms with Crippen LogP contribution in [0.1, 0.15) is 28.7 Å². The van der Waals surface area contributed by atoms with Gasteiger partial charge < -0.3 is 4.84 Å². The van der Waals surface area contributed by atoms with Gasteiger partial charge in [0.15, 0.2) is 0 Å². The molecule has 0 amide bonds. The molecule has 0 aromatic heterocycles. The Labute approximate surface area is 116 Å². The van der Waals surface area contributed by atoms with Crippen molar-refractivity contribution in [3.05, 3.63) is 70.8 Å². The summed E-state index contributed by atoms with van der Waals surface area (Å²) in [6.07, 6.45) is 0.194. The lowest BCUT2D eigenvalue weighted by Crippen LogP contribution is -1.90. The van der Waals surface area contributed by atoms with E-state index in [1.54, 1.807) is 0 Å². The van der Waals surface area contributed by atoms with Gasteiger partial charge in [-0.25, -0.2) is 8.78 Å². The fourth-order valence-corrected chi connectivity index (χ4v) is 1.70. The first kappa shape index (κ1) is 14.2. The van der Waals surface area contributed by atoms with Crippen molar-refractivity contribution in [1.82, 2.24) is 0 Å². The first-order chi connectivity index (χ1) is 9.65. The lowest BCUT2D eigenvalue weighted by atomic mass is 10.1. The number of hydrogen-bond donors (Lipinski definition) is 0. The van der Waals surface area contributed by atoms with Gasteiger partial charge >= 0.3 is 0 Å². The van der Waals surface area contributed by atoms with Crippen LogP contribution in [0.25, 0.3) is 0 Å². The van der Waals surface area contributed by atoms with E-state index < -0.39 is 6.43 Å². The normalized spacial score (nSPS) is 11.2. The van der Waals surface area contributed by atoms with Gasteiger partial charge in [0.1, 0.15) is 12.8 Å². The number of rotatable bonds is 5. The fraction of sp³-hybridized carbons (Fsp3) is 0.188. The van der Waals surface area contributed by atoms with Gasteiger partial charge in [0, 0.05) is 11.1 Å². The van der Waals surface area contributed by atoms with Crippen molar-refractivity contribution < 1.29 is 13.6 Å². The van der Waals surface area contributed by atoms with E-state index in [4.69, 9.17) is 4.84 Å². The van der Waals surface area contributed by atoms with Gasteiger partial charge in [-0.2, -0.15) is 0 Å². The second kappa shape index (κ2) is 6.80. The van der Waals surface area contributed by atoms with Crippen LogP contribution in [0, 0.1) is 6.92 Å². The Morgan fingerprint density at radius 3 is 2.55 bits per heavy atom. The van der Waals surface area contributed by atoms with Crippen molar-refractivity contribution in [1.29, 1.82) is 0 Å². The summed E-state index contributed by atoms with van der Waals surface area (Å²) in [6, 6.07) is 13.7. The summed E-state index contributed by atoms with van der Waals surface area (Å²) < 4.78 is 24.7. The number of benzene rings is 2. The molecule has 4 heteroatoms. The minimum absolute atomic E-state index is 0.0174. The van der Waals surface area contributed by atoms with Gasteiger partial charge in [0.05, 0.1) is 0 Å². The third-order valence-electron chi connectivity index (χ3n) is 2.72. The molecular weight excluding hydrogens is 260 g/mol. The van der Waals surface area contributed by atoms with Gasteiger partial charge in [-0.1, -0.05) is 59.3 Å². The molecule has 2 aromatic rings. The zero-order chi connectivity index (χ0) is 14.4. The molecule has 2 nitrogen and oxygen atoms in total. The molecule has 2 rings (SSSR count). The molecule has 0 N–H and O–H groups in total. The molecule has 20 heavy (non-hydrogen) atoms. The van der Waals surface area contributed by atoms with Crippen molar-refractivity contribution in [3.63, 3.8) is 0 Å². The van der Waals surface area contributed by atoms with Crippen LogP contribution in [0.2, 0.25) is 0 Å². The van der Waals surface area contributed by atoms with Crippen LogP contribution in [-0.2, 0) is 11.4 Å². The monoisotopic (exact) mass is 274 g/mol. The van der Waals surface area contributed by atoms with E-state index in [-0.39, 0.29) is 5.56 Å². The predicted molar refractivity (Wildman–Crippen MR) is 73.9 cm³/mol. The Balaban J connectivity index is 1.87. The molecule has 2 aromatic carbocycles. The van der Waals surface area contributed by atoms with Crippen molar-refractivity contribution in [2.75, 3.05) is 0 Å². The Hall–Kier alpha value is -2.23. The number of hydrogen-bond acceptors (Lipinski definition) is 2. The molecule has 0 aliphatic carbocycles. The number of aryl methyl sites for hydroxylation is 1. The summed E-state index contributed by atoms with van der Waals surface area (Å²) in [5, 5.41) is 3.70. The molecule has 0 unspecified atom stereocenters. The minimum atomic E-state index is -2.46. The lowest BCUT2D eigenvalue weighted by Gasteiger charge is -2.01. The maximum absolute atomic E-state index is 12.4. The van der Waals surface area contributed by atoms with Crippen LogP contribution in [0.4, 0.5) is 8.78 Å². The van der Waals surface area contributed by atoms with E-state index in [9.17, 15) is 8.78 Å². The van der Waals surface area contributed by atoms with Gasteiger partial charge in [0.25, 0.3) is 6.43 Å². The average Bonchev–Trinajstić information content (AvgIpc) is 2.44. The summed E-state index contributed by atoms with van der Waals surface area (Å²) in [5.41, 5.74) is 2.75. The molecule has 0 aliphatic rings. The highest BCUT2D eigenvalue weighted by molar-refractivity contribution is 5.79. The molecule has 0 atom stereocenters. The topological polar surface area (TPSA) is 21.6 Å². The number of alkyl halides is 2. The van der Waals surface area contributed by atoms with Crippen LogP contribution in [0.5, 0.6) is 0 Å². The van der Waals surface area contributed by atoms with E-state index >= 15 is 0 Å². The highest BCUT2D eigenvalue weighted by atomic mass is 19.3. The van der Waals surface area contributed by atoms with Crippen LogP contribution in [0.3, 0.4) is 0 Å². The maximum Gasteiger partial charge on any atom is 0.263 e. The molecule has 0 aliphatic heterocycles. The minimum Gasteiger partial charge on any atom is -0.390 e. The first-order valence-electron chi connectivity index (χ1n) is 6.17. The molecule has 0 bridgehead atoms. The average molecular weight is 274 g/mol. The molecule has 0 saturated heterocycles. The zero-order valence-electron chi connectivity index (χ0n) is 11.0. The Bertz CT molecular complexity index is 579. The Morgan fingerprint density at radius 2 is 1.90 bits per heavy atom. The van der Waals surface area contributed by atoms with Crippen molar-refractivity contribution >= 4 is 6.21 Å². The van der Waals surface area contributed by atoms with Crippen molar-refractivity contribution in [2.45, 2.75) is 20.0 Å². The van der Waals surface area contributed by atoms with E-state index in [2.05, 4.69) is 11.4 Å². The lowest BCUT2D eigenvalue weighted by molar-refractivity contribution is 0.132. The number of nitrogens with zero attached hydrogens (tertiary/aromatic N) is 1. The van der Waals surface area contributed by atoms with Crippen LogP contribution < -0.4 is 0 Å². The largest absolute Gasteiger partial charge is 0.390 e. The van der Waals surface area contributed by atoms with E-state index in [0.29, 0.717) is 12.2 Å². The first-order valence-corrected chi connectivity index (χ1v) is 6.17. The maximum atomic E-state index is 12.4. The van der Waals surface area contributed by atoms with Crippen LogP contribution in [-0.4, -0.2) is 6.21 Å². The molecule has 0 saturated carbocycles. The Morgan fingerprint density at radius 1 is 1.15 bits per heavy atom. The third-order valence-corrected chi connectivity index (χ3v) is 2.72. The highest BCUT2D eigenvalue weighted by Crippen LogP contribution is 2.18. The predicted octanol–water partition coefficient (Wildman–Crippen LogP) is 4.36. The van der Waals surface area contributed by atoms with Crippen LogP contribution >= 0.6 is 0 Å². The van der Waals surface area contributed by atoms with Crippen LogP contribution in [0.15, 0.2) is 53.7 Å². The summed E-state index contributed by atoms with van der Waals surface area (Å²) >= 11 is 0. The van der Waals surface area contributed by atoms with Gasteiger partial charge in [0.2, 0.25) is 0 Å². The second-order valence-electron chi connectivity index (χ2n) is 4.39. The van der Waals surface area contributed by atoms with Gasteiger partial charge in [-0.15, -0.1) is 0 Å². The molecule has 1 radical (unpaired) electrons. The summed E-state index contributed by atoms with van der Waals surface area (Å²) in [4.78, 5) is 5.12. The van der Waals surface area contributed by atoms with E-state index in [1.165, 1.54) is 24.3 Å². The molecule has 0 heterocycles. The third kappa shape index (κ3) is 4.16. The van der Waals surface area contributed by atoms with E-state index in [1.807, 2.05) is 31.2 Å². The smallest absolute Gasteiger partial charge is 0.263 e. The molecule has 0 fully saturated rings. The van der Waals surface area contributed by atoms with Crippen molar-refractivity contribution in [3.8, 4) is 0 Å². The molecular formula is C16H14F2NO. The fourth-order valence-electron chi connectivity index (χ4n) is 1.70. The molecule has 0 spiro atoms. The quantitative estimate of drug-likeness (QED) is 0.586. The standard InChI is InChI=1S/C16H14F2NO/c1-12-3-2-4-14(9-12)11-20-19-10-13-5-7-15(8-6-13)16(17)18/h2-9,16H,11H2,1H3. The zero-order valence-corrected chi connectivity index (χ0v) is 11.0. The highest BCUT2D eigenvalue weighted by Gasteiger charge is 2.05. The summed E-state index contributed by atoms with van der Waals surface area (Å²) in [6.45, 7) is 2.35. The Kier molecular flexibility index (Phi) is 4.82. The summed E-state index contributed by atoms with van der Waals surface area (Å²) in [7, 11) is 0. The second-order valence-corrected chi connectivity index (χ2v) is 4.39. The SMILES string of the molecule is Cc1cccc(CO/N=[C]\c2ccc(C(F)F)cc2)c1. The van der Waals surface area contributed by atoms with Crippen molar-refractivity contribution in [2.24, 2.45) is 5.16 Å². The van der Waals surface area contributed by atoms with E-state index in [0.717, 1.165) is 11.1 Å². The van der Waals surface area contributed by atoms with Gasteiger partial charge in [-0.05, 0) is 12.5 Å².